The maximum absolute atomic E-state index is 6.15. The number of aryl methyl sites for hydroxylation is 1. The Kier molecular flexibility index (Phi) is 2.93. The summed E-state index contributed by atoms with van der Waals surface area (Å²) in [7, 11) is 0. The first-order chi connectivity index (χ1) is 7.18. The van der Waals surface area contributed by atoms with E-state index in [0.29, 0.717) is 5.92 Å². The van der Waals surface area contributed by atoms with Gasteiger partial charge in [-0.15, -0.1) is 0 Å². The first-order valence-electron chi connectivity index (χ1n) is 5.51. The summed E-state index contributed by atoms with van der Waals surface area (Å²) in [6.07, 6.45) is 1.04. The average molecular weight is 205 g/mol. The second kappa shape index (κ2) is 4.21. The molecule has 0 amide bonds. The molecule has 1 aromatic carbocycles. The Morgan fingerprint density at radius 1 is 1.40 bits per heavy atom. The van der Waals surface area contributed by atoms with Crippen molar-refractivity contribution in [3.8, 4) is 0 Å². The van der Waals surface area contributed by atoms with Crippen molar-refractivity contribution in [2.45, 2.75) is 25.3 Å². The quantitative estimate of drug-likeness (QED) is 0.599. The third-order valence-electron chi connectivity index (χ3n) is 3.24. The highest BCUT2D eigenvalue weighted by atomic mass is 14.9. The van der Waals surface area contributed by atoms with Crippen molar-refractivity contribution in [2.75, 3.05) is 18.8 Å². The van der Waals surface area contributed by atoms with Crippen molar-refractivity contribution in [3.05, 3.63) is 29.3 Å². The van der Waals surface area contributed by atoms with Gasteiger partial charge in [0.1, 0.15) is 0 Å². The van der Waals surface area contributed by atoms with Crippen LogP contribution in [0.25, 0.3) is 0 Å². The zero-order chi connectivity index (χ0) is 10.8. The van der Waals surface area contributed by atoms with Crippen LogP contribution in [0.4, 0.5) is 5.69 Å². The van der Waals surface area contributed by atoms with Crippen molar-refractivity contribution >= 4 is 5.69 Å². The Morgan fingerprint density at radius 2 is 2.20 bits per heavy atom. The molecule has 0 aromatic heterocycles. The van der Waals surface area contributed by atoms with E-state index in [4.69, 9.17) is 11.5 Å². The summed E-state index contributed by atoms with van der Waals surface area (Å²) in [5, 5.41) is 3.39. The SMILES string of the molecule is Cc1ccc(N)cc1C1CNCCC1N. The summed E-state index contributed by atoms with van der Waals surface area (Å²) >= 11 is 0. The van der Waals surface area contributed by atoms with Gasteiger partial charge in [-0.05, 0) is 43.1 Å². The summed E-state index contributed by atoms with van der Waals surface area (Å²) in [6.45, 7) is 4.11. The van der Waals surface area contributed by atoms with Gasteiger partial charge in [0, 0.05) is 24.2 Å². The number of nitrogens with two attached hydrogens (primary N) is 2. The predicted octanol–water partition coefficient (Wildman–Crippen LogP) is 0.981. The fourth-order valence-corrected chi connectivity index (χ4v) is 2.28. The van der Waals surface area contributed by atoms with Crippen molar-refractivity contribution in [1.82, 2.24) is 5.32 Å². The molecule has 1 saturated heterocycles. The van der Waals surface area contributed by atoms with Gasteiger partial charge >= 0.3 is 0 Å². The average Bonchev–Trinajstić information content (AvgIpc) is 2.23. The Bertz CT molecular complexity index is 349. The predicted molar refractivity (Wildman–Crippen MR) is 63.8 cm³/mol. The molecule has 0 radical (unpaired) electrons. The van der Waals surface area contributed by atoms with Crippen LogP contribution in [0.3, 0.4) is 0 Å². The van der Waals surface area contributed by atoms with E-state index in [1.807, 2.05) is 6.07 Å². The van der Waals surface area contributed by atoms with Gasteiger partial charge in [0.15, 0.2) is 0 Å². The van der Waals surface area contributed by atoms with Gasteiger partial charge < -0.3 is 16.8 Å². The van der Waals surface area contributed by atoms with Gasteiger partial charge in [-0.2, -0.15) is 0 Å². The van der Waals surface area contributed by atoms with Gasteiger partial charge in [0.25, 0.3) is 0 Å². The molecule has 0 saturated carbocycles. The van der Waals surface area contributed by atoms with Gasteiger partial charge in [-0.25, -0.2) is 0 Å². The van der Waals surface area contributed by atoms with Gasteiger partial charge in [-0.3, -0.25) is 0 Å². The zero-order valence-electron chi connectivity index (χ0n) is 9.16. The van der Waals surface area contributed by atoms with E-state index in [-0.39, 0.29) is 6.04 Å². The summed E-state index contributed by atoms with van der Waals surface area (Å²) in [4.78, 5) is 0. The Hall–Kier alpha value is -1.06. The topological polar surface area (TPSA) is 64.1 Å². The largest absolute Gasteiger partial charge is 0.399 e. The number of piperidine rings is 1. The third kappa shape index (κ3) is 2.13. The van der Waals surface area contributed by atoms with Crippen LogP contribution in [0.2, 0.25) is 0 Å². The first-order valence-corrected chi connectivity index (χ1v) is 5.51. The molecule has 0 bridgehead atoms. The molecule has 1 heterocycles. The fourth-order valence-electron chi connectivity index (χ4n) is 2.28. The number of benzene rings is 1. The molecule has 3 heteroatoms. The lowest BCUT2D eigenvalue weighted by atomic mass is 9.85. The number of anilines is 1. The molecule has 2 unspecified atom stereocenters. The molecular formula is C12H19N3. The summed E-state index contributed by atoms with van der Waals surface area (Å²) in [5.41, 5.74) is 15.4. The van der Waals surface area contributed by atoms with Crippen LogP contribution in [0.15, 0.2) is 18.2 Å². The van der Waals surface area contributed by atoms with Crippen LogP contribution in [0.1, 0.15) is 23.5 Å². The van der Waals surface area contributed by atoms with Crippen LogP contribution in [0, 0.1) is 6.92 Å². The molecule has 82 valence electrons. The minimum Gasteiger partial charge on any atom is -0.399 e. The molecule has 1 aliphatic rings. The molecule has 3 nitrogen and oxygen atoms in total. The Labute approximate surface area is 90.8 Å². The lowest BCUT2D eigenvalue weighted by molar-refractivity contribution is 0.402. The maximum atomic E-state index is 6.15. The van der Waals surface area contributed by atoms with Crippen LogP contribution in [-0.2, 0) is 0 Å². The minimum absolute atomic E-state index is 0.256. The fraction of sp³-hybridized carbons (Fsp3) is 0.500. The van der Waals surface area contributed by atoms with E-state index >= 15 is 0 Å². The van der Waals surface area contributed by atoms with Gasteiger partial charge in [0.2, 0.25) is 0 Å². The van der Waals surface area contributed by atoms with Crippen molar-refractivity contribution in [2.24, 2.45) is 5.73 Å². The van der Waals surface area contributed by atoms with E-state index in [0.717, 1.165) is 25.2 Å². The first kappa shape index (κ1) is 10.5. The summed E-state index contributed by atoms with van der Waals surface area (Å²) in [6, 6.07) is 6.34. The number of nitrogen functional groups attached to an aromatic ring is 1. The minimum atomic E-state index is 0.256. The number of hydrogen-bond acceptors (Lipinski definition) is 3. The molecule has 0 aliphatic carbocycles. The van der Waals surface area contributed by atoms with Crippen LogP contribution in [-0.4, -0.2) is 19.1 Å². The molecule has 0 spiro atoms. The van der Waals surface area contributed by atoms with Crippen molar-refractivity contribution in [3.63, 3.8) is 0 Å². The zero-order valence-corrected chi connectivity index (χ0v) is 9.16. The van der Waals surface area contributed by atoms with Crippen LogP contribution >= 0.6 is 0 Å². The summed E-state index contributed by atoms with van der Waals surface area (Å²) in [5.74, 6) is 0.405. The highest BCUT2D eigenvalue weighted by Gasteiger charge is 2.24. The highest BCUT2D eigenvalue weighted by molar-refractivity contribution is 5.46. The standard InChI is InChI=1S/C12H19N3/c1-8-2-3-9(13)6-10(8)11-7-15-5-4-12(11)14/h2-3,6,11-12,15H,4-5,7,13-14H2,1H3. The second-order valence-electron chi connectivity index (χ2n) is 4.38. The molecule has 1 fully saturated rings. The molecule has 5 N–H and O–H groups in total. The normalized spacial score (nSPS) is 26.5. The van der Waals surface area contributed by atoms with E-state index in [1.54, 1.807) is 0 Å². The smallest absolute Gasteiger partial charge is 0.0317 e. The maximum Gasteiger partial charge on any atom is 0.0317 e. The molecule has 1 aromatic rings. The van der Waals surface area contributed by atoms with Crippen molar-refractivity contribution in [1.29, 1.82) is 0 Å². The molecular weight excluding hydrogens is 186 g/mol. The molecule has 2 atom stereocenters. The number of nitrogens with one attached hydrogen (secondary N) is 1. The van der Waals surface area contributed by atoms with Crippen LogP contribution in [0.5, 0.6) is 0 Å². The summed E-state index contributed by atoms with van der Waals surface area (Å²) < 4.78 is 0. The van der Waals surface area contributed by atoms with Gasteiger partial charge in [-0.1, -0.05) is 6.07 Å². The van der Waals surface area contributed by atoms with E-state index in [9.17, 15) is 0 Å². The van der Waals surface area contributed by atoms with E-state index < -0.39 is 0 Å². The Balaban J connectivity index is 2.30. The van der Waals surface area contributed by atoms with Gasteiger partial charge in [0.05, 0.1) is 0 Å². The van der Waals surface area contributed by atoms with Crippen LogP contribution < -0.4 is 16.8 Å². The number of rotatable bonds is 1. The third-order valence-corrected chi connectivity index (χ3v) is 3.24. The lowest BCUT2D eigenvalue weighted by Gasteiger charge is -2.30. The van der Waals surface area contributed by atoms with E-state index in [1.165, 1.54) is 11.1 Å². The monoisotopic (exact) mass is 205 g/mol. The molecule has 2 rings (SSSR count). The molecule has 1 aliphatic heterocycles. The number of hydrogen-bond donors (Lipinski definition) is 3. The molecule has 15 heavy (non-hydrogen) atoms. The second-order valence-corrected chi connectivity index (χ2v) is 4.38. The highest BCUT2D eigenvalue weighted by Crippen LogP contribution is 2.26. The lowest BCUT2D eigenvalue weighted by Crippen LogP contribution is -2.43. The van der Waals surface area contributed by atoms with E-state index in [2.05, 4.69) is 24.4 Å². The van der Waals surface area contributed by atoms with Crippen molar-refractivity contribution < 1.29 is 0 Å². The Morgan fingerprint density at radius 3 is 2.93 bits per heavy atom.